The Morgan fingerprint density at radius 3 is 2.57 bits per heavy atom. The van der Waals surface area contributed by atoms with Crippen LogP contribution in [0.25, 0.3) is 22.3 Å². The van der Waals surface area contributed by atoms with Crippen LogP contribution in [0.1, 0.15) is 6.92 Å². The quantitative estimate of drug-likeness (QED) is 0.643. The van der Waals surface area contributed by atoms with E-state index < -0.39 is 10.8 Å². The number of hydrogen-bond donors (Lipinski definition) is 0. The monoisotopic (exact) mass is 366 g/mol. The summed E-state index contributed by atoms with van der Waals surface area (Å²) in [6.45, 7) is 1.86. The van der Waals surface area contributed by atoms with Crippen LogP contribution in [0.5, 0.6) is 0 Å². The maximum atomic E-state index is 13.1. The van der Waals surface area contributed by atoms with Crippen molar-refractivity contribution in [2.75, 3.05) is 5.75 Å². The zero-order valence-electron chi connectivity index (χ0n) is 11.2. The molecule has 2 aromatic carbocycles. The van der Waals surface area contributed by atoms with Gasteiger partial charge in [-0.15, -0.1) is 0 Å². The fraction of sp³-hybridized carbons (Fsp3) is 0.125. The lowest BCUT2D eigenvalue weighted by Gasteiger charge is -2.02. The first kappa shape index (κ1) is 14.5. The van der Waals surface area contributed by atoms with E-state index in [9.17, 15) is 8.60 Å². The molecule has 0 aliphatic heterocycles. The standard InChI is InChI=1S/C16H12BrFO2S/c1-2-21(19)16-13-9-11(17)5-8-14(13)20-15(16)10-3-6-12(18)7-4-10/h3-9H,2H2,1H3. The topological polar surface area (TPSA) is 30.2 Å². The van der Waals surface area contributed by atoms with Gasteiger partial charge in [0.2, 0.25) is 0 Å². The van der Waals surface area contributed by atoms with Gasteiger partial charge in [-0.25, -0.2) is 4.39 Å². The van der Waals surface area contributed by atoms with Gasteiger partial charge in [-0.3, -0.25) is 4.21 Å². The molecule has 0 amide bonds. The molecule has 108 valence electrons. The molecule has 1 unspecified atom stereocenters. The molecule has 1 atom stereocenters. The summed E-state index contributed by atoms with van der Waals surface area (Å²) in [6, 6.07) is 11.6. The lowest BCUT2D eigenvalue weighted by Crippen LogP contribution is -1.95. The van der Waals surface area contributed by atoms with Crippen molar-refractivity contribution in [3.63, 3.8) is 0 Å². The summed E-state index contributed by atoms with van der Waals surface area (Å²) in [5, 5.41) is 0.823. The molecular weight excluding hydrogens is 355 g/mol. The molecule has 5 heteroatoms. The number of furan rings is 1. The molecule has 0 bridgehead atoms. The summed E-state index contributed by atoms with van der Waals surface area (Å²) >= 11 is 3.42. The Bertz CT molecular complexity index is 824. The molecule has 3 aromatic rings. The molecule has 1 heterocycles. The second-order valence-corrected chi connectivity index (χ2v) is 7.13. The fourth-order valence-electron chi connectivity index (χ4n) is 2.21. The van der Waals surface area contributed by atoms with Gasteiger partial charge in [0.05, 0.1) is 15.7 Å². The molecule has 1 aromatic heterocycles. The second-order valence-electron chi connectivity index (χ2n) is 4.54. The first-order valence-corrected chi connectivity index (χ1v) is 8.57. The summed E-state index contributed by atoms with van der Waals surface area (Å²) in [5.41, 5.74) is 1.40. The average Bonchev–Trinajstić information content (AvgIpc) is 2.85. The third kappa shape index (κ3) is 2.68. The van der Waals surface area contributed by atoms with Gasteiger partial charge in [0.1, 0.15) is 11.4 Å². The Labute approximate surface area is 132 Å². The highest BCUT2D eigenvalue weighted by Gasteiger charge is 2.20. The molecule has 0 aliphatic carbocycles. The van der Waals surface area contributed by atoms with Gasteiger partial charge in [0.25, 0.3) is 0 Å². The zero-order valence-corrected chi connectivity index (χ0v) is 13.6. The minimum absolute atomic E-state index is 0.309. The van der Waals surface area contributed by atoms with Crippen molar-refractivity contribution >= 4 is 37.7 Å². The predicted molar refractivity (Wildman–Crippen MR) is 86.3 cm³/mol. The normalized spacial score (nSPS) is 12.7. The van der Waals surface area contributed by atoms with Gasteiger partial charge in [-0.1, -0.05) is 22.9 Å². The van der Waals surface area contributed by atoms with E-state index in [1.165, 1.54) is 12.1 Å². The maximum Gasteiger partial charge on any atom is 0.151 e. The molecule has 2 nitrogen and oxygen atoms in total. The summed E-state index contributed by atoms with van der Waals surface area (Å²) in [7, 11) is -1.17. The molecule has 21 heavy (non-hydrogen) atoms. The lowest BCUT2D eigenvalue weighted by molar-refractivity contribution is 0.618. The van der Waals surface area contributed by atoms with E-state index in [-0.39, 0.29) is 5.82 Å². The summed E-state index contributed by atoms with van der Waals surface area (Å²) < 4.78 is 32.3. The number of fused-ring (bicyclic) bond motifs is 1. The van der Waals surface area contributed by atoms with Gasteiger partial charge in [0.15, 0.2) is 5.76 Å². The summed E-state index contributed by atoms with van der Waals surface area (Å²) in [6.07, 6.45) is 0. The van der Waals surface area contributed by atoms with E-state index in [0.29, 0.717) is 22.0 Å². The van der Waals surface area contributed by atoms with Gasteiger partial charge in [-0.2, -0.15) is 0 Å². The summed E-state index contributed by atoms with van der Waals surface area (Å²) in [5.74, 6) is 0.731. The molecule has 0 radical (unpaired) electrons. The van der Waals surface area contributed by atoms with E-state index >= 15 is 0 Å². The highest BCUT2D eigenvalue weighted by molar-refractivity contribution is 9.10. The highest BCUT2D eigenvalue weighted by atomic mass is 79.9. The largest absolute Gasteiger partial charge is 0.455 e. The van der Waals surface area contributed by atoms with Gasteiger partial charge in [-0.05, 0) is 42.5 Å². The molecule has 0 N–H and O–H groups in total. The van der Waals surface area contributed by atoms with E-state index in [0.717, 1.165) is 15.4 Å². The van der Waals surface area contributed by atoms with Crippen molar-refractivity contribution < 1.29 is 13.0 Å². The molecule has 0 aliphatic rings. The van der Waals surface area contributed by atoms with Crippen molar-refractivity contribution in [2.45, 2.75) is 11.8 Å². The molecule has 0 saturated heterocycles. The molecule has 3 rings (SSSR count). The molecule has 0 spiro atoms. The Hall–Kier alpha value is -1.46. The van der Waals surface area contributed by atoms with Crippen LogP contribution in [0.4, 0.5) is 4.39 Å². The smallest absolute Gasteiger partial charge is 0.151 e. The van der Waals surface area contributed by atoms with E-state index in [1.807, 2.05) is 25.1 Å². The van der Waals surface area contributed by atoms with Crippen LogP contribution in [-0.2, 0) is 10.8 Å². The number of hydrogen-bond acceptors (Lipinski definition) is 2. The third-order valence-corrected chi connectivity index (χ3v) is 5.08. The minimum atomic E-state index is -1.17. The van der Waals surface area contributed by atoms with Crippen LogP contribution in [0, 0.1) is 5.82 Å². The number of rotatable bonds is 3. The number of halogens is 2. The molecule has 0 saturated carbocycles. The Kier molecular flexibility index (Phi) is 3.95. The van der Waals surface area contributed by atoms with Crippen molar-refractivity contribution in [3.05, 3.63) is 52.8 Å². The minimum Gasteiger partial charge on any atom is -0.455 e. The Morgan fingerprint density at radius 2 is 1.90 bits per heavy atom. The van der Waals surface area contributed by atoms with Crippen molar-refractivity contribution in [3.8, 4) is 11.3 Å². The molecular formula is C16H12BrFO2S. The maximum absolute atomic E-state index is 13.1. The fourth-order valence-corrected chi connectivity index (χ4v) is 3.63. The van der Waals surface area contributed by atoms with Crippen molar-refractivity contribution in [2.24, 2.45) is 0 Å². The highest BCUT2D eigenvalue weighted by Crippen LogP contribution is 2.37. The van der Waals surface area contributed by atoms with Crippen LogP contribution in [0.15, 0.2) is 56.2 Å². The van der Waals surface area contributed by atoms with E-state index in [1.54, 1.807) is 12.1 Å². The van der Waals surface area contributed by atoms with Gasteiger partial charge < -0.3 is 4.42 Å². The Balaban J connectivity index is 2.30. The van der Waals surface area contributed by atoms with Crippen LogP contribution in [0.3, 0.4) is 0 Å². The van der Waals surface area contributed by atoms with Crippen LogP contribution in [-0.4, -0.2) is 9.96 Å². The second kappa shape index (κ2) is 5.73. The van der Waals surface area contributed by atoms with E-state index in [2.05, 4.69) is 15.9 Å². The summed E-state index contributed by atoms with van der Waals surface area (Å²) in [4.78, 5) is 0.667. The first-order chi connectivity index (χ1) is 10.1. The predicted octanol–water partition coefficient (Wildman–Crippen LogP) is 5.13. The number of benzene rings is 2. The van der Waals surface area contributed by atoms with Gasteiger partial charge in [0, 0.05) is 21.2 Å². The lowest BCUT2D eigenvalue weighted by atomic mass is 10.1. The van der Waals surface area contributed by atoms with Crippen LogP contribution in [0.2, 0.25) is 0 Å². The van der Waals surface area contributed by atoms with E-state index in [4.69, 9.17) is 4.42 Å². The zero-order chi connectivity index (χ0) is 15.0. The van der Waals surface area contributed by atoms with Crippen molar-refractivity contribution in [1.82, 2.24) is 0 Å². The SMILES string of the molecule is CCS(=O)c1c(-c2ccc(F)cc2)oc2ccc(Br)cc12. The average molecular weight is 367 g/mol. The van der Waals surface area contributed by atoms with Crippen LogP contribution < -0.4 is 0 Å². The Morgan fingerprint density at radius 1 is 1.19 bits per heavy atom. The molecule has 0 fully saturated rings. The first-order valence-electron chi connectivity index (χ1n) is 6.46. The van der Waals surface area contributed by atoms with Crippen LogP contribution >= 0.6 is 15.9 Å². The van der Waals surface area contributed by atoms with Crippen molar-refractivity contribution in [1.29, 1.82) is 0 Å². The third-order valence-electron chi connectivity index (χ3n) is 3.20. The van der Waals surface area contributed by atoms with Gasteiger partial charge >= 0.3 is 0 Å².